The third-order valence-electron chi connectivity index (χ3n) is 3.65. The molecule has 0 saturated carbocycles. The maximum Gasteiger partial charge on any atom is 0.162 e. The van der Waals surface area contributed by atoms with Crippen molar-refractivity contribution in [3.63, 3.8) is 0 Å². The van der Waals surface area contributed by atoms with Gasteiger partial charge in [0.15, 0.2) is 5.82 Å². The van der Waals surface area contributed by atoms with Crippen molar-refractivity contribution in [2.45, 2.75) is 32.4 Å². The molecular weight excluding hydrogens is 286 g/mol. The summed E-state index contributed by atoms with van der Waals surface area (Å²) in [7, 11) is 0. The Labute approximate surface area is 136 Å². The van der Waals surface area contributed by atoms with Gasteiger partial charge in [-0.25, -0.2) is 9.97 Å². The summed E-state index contributed by atoms with van der Waals surface area (Å²) in [6, 6.07) is 12.2. The Morgan fingerprint density at radius 3 is 2.52 bits per heavy atom. The summed E-state index contributed by atoms with van der Waals surface area (Å²) in [6.45, 7) is 4.13. The summed E-state index contributed by atoms with van der Waals surface area (Å²) < 4.78 is 0. The summed E-state index contributed by atoms with van der Waals surface area (Å²) in [6.07, 6.45) is 4.38. The van der Waals surface area contributed by atoms with E-state index in [4.69, 9.17) is 10.7 Å². The van der Waals surface area contributed by atoms with E-state index in [2.05, 4.69) is 22.2 Å². The molecule has 118 valence electrons. The summed E-state index contributed by atoms with van der Waals surface area (Å²) in [5, 5.41) is 4.50. The Morgan fingerprint density at radius 1 is 1.04 bits per heavy atom. The highest BCUT2D eigenvalue weighted by molar-refractivity contribution is 5.90. The van der Waals surface area contributed by atoms with Crippen molar-refractivity contribution in [2.24, 2.45) is 5.73 Å². The van der Waals surface area contributed by atoms with E-state index in [9.17, 15) is 0 Å². The average Bonchev–Trinajstić information content (AvgIpc) is 2.55. The average molecular weight is 307 g/mol. The van der Waals surface area contributed by atoms with Crippen molar-refractivity contribution < 1.29 is 0 Å². The lowest BCUT2D eigenvalue weighted by molar-refractivity contribution is 0.604. The van der Waals surface area contributed by atoms with Gasteiger partial charge in [0.2, 0.25) is 0 Å². The molecule has 0 radical (unpaired) electrons. The molecule has 1 aromatic carbocycles. The van der Waals surface area contributed by atoms with Crippen LogP contribution in [0.1, 0.15) is 20.3 Å². The van der Waals surface area contributed by atoms with Crippen molar-refractivity contribution >= 4 is 16.7 Å². The Hall–Kier alpha value is -2.53. The number of fused-ring (bicyclic) bond motifs is 1. The van der Waals surface area contributed by atoms with Crippen molar-refractivity contribution in [1.82, 2.24) is 15.0 Å². The van der Waals surface area contributed by atoms with E-state index < -0.39 is 0 Å². The minimum Gasteiger partial charge on any atom is -0.367 e. The Bertz CT molecular complexity index is 786. The van der Waals surface area contributed by atoms with Gasteiger partial charge in [0, 0.05) is 35.4 Å². The molecule has 5 heteroatoms. The lowest BCUT2D eigenvalue weighted by Crippen LogP contribution is -2.26. The van der Waals surface area contributed by atoms with Gasteiger partial charge < -0.3 is 11.1 Å². The highest BCUT2D eigenvalue weighted by Crippen LogP contribution is 2.25. The Kier molecular flexibility index (Phi) is 4.48. The normalized spacial score (nSPS) is 13.7. The minimum atomic E-state index is 0.144. The molecule has 0 aliphatic rings. The van der Waals surface area contributed by atoms with Crippen LogP contribution in [0.4, 0.5) is 5.82 Å². The third-order valence-corrected chi connectivity index (χ3v) is 3.65. The molecule has 3 aromatic rings. The number of benzene rings is 1. The number of pyridine rings is 1. The zero-order valence-corrected chi connectivity index (χ0v) is 13.4. The first kappa shape index (κ1) is 15.4. The van der Waals surface area contributed by atoms with Crippen LogP contribution in [0.15, 0.2) is 48.8 Å². The maximum absolute atomic E-state index is 5.90. The summed E-state index contributed by atoms with van der Waals surface area (Å²) in [5.41, 5.74) is 7.77. The van der Waals surface area contributed by atoms with Gasteiger partial charge in [0.1, 0.15) is 5.82 Å². The van der Waals surface area contributed by atoms with E-state index in [0.29, 0.717) is 5.82 Å². The summed E-state index contributed by atoms with van der Waals surface area (Å²) in [4.78, 5) is 13.4. The molecule has 3 rings (SSSR count). The molecule has 2 atom stereocenters. The fraction of sp³-hybridized carbons (Fsp3) is 0.278. The molecule has 0 amide bonds. The number of hydrogen-bond donors (Lipinski definition) is 2. The lowest BCUT2D eigenvalue weighted by Gasteiger charge is -2.18. The zero-order chi connectivity index (χ0) is 16.2. The first-order chi connectivity index (χ1) is 11.1. The fourth-order valence-electron chi connectivity index (χ4n) is 2.67. The van der Waals surface area contributed by atoms with Crippen LogP contribution in [-0.4, -0.2) is 27.0 Å². The minimum absolute atomic E-state index is 0.144. The number of hydrogen-bond acceptors (Lipinski definition) is 5. The van der Waals surface area contributed by atoms with Gasteiger partial charge in [-0.3, -0.25) is 4.98 Å². The highest BCUT2D eigenvalue weighted by atomic mass is 15.1. The van der Waals surface area contributed by atoms with Gasteiger partial charge in [-0.15, -0.1) is 0 Å². The molecule has 0 spiro atoms. The smallest absolute Gasteiger partial charge is 0.162 e. The first-order valence-corrected chi connectivity index (χ1v) is 7.83. The van der Waals surface area contributed by atoms with E-state index in [1.807, 2.05) is 43.3 Å². The van der Waals surface area contributed by atoms with Crippen LogP contribution in [-0.2, 0) is 0 Å². The van der Waals surface area contributed by atoms with E-state index in [-0.39, 0.29) is 12.1 Å². The maximum atomic E-state index is 5.90. The monoisotopic (exact) mass is 307 g/mol. The highest BCUT2D eigenvalue weighted by Gasteiger charge is 2.12. The molecule has 0 aliphatic carbocycles. The number of nitrogens with zero attached hydrogens (tertiary/aromatic N) is 3. The Morgan fingerprint density at radius 2 is 1.78 bits per heavy atom. The van der Waals surface area contributed by atoms with Crippen LogP contribution in [0.3, 0.4) is 0 Å². The second-order valence-electron chi connectivity index (χ2n) is 5.91. The van der Waals surface area contributed by atoms with Crippen LogP contribution in [0.5, 0.6) is 0 Å². The second-order valence-corrected chi connectivity index (χ2v) is 5.91. The summed E-state index contributed by atoms with van der Waals surface area (Å²) >= 11 is 0. The predicted octanol–water partition coefficient (Wildman–Crippen LogP) is 3.23. The van der Waals surface area contributed by atoms with E-state index in [0.717, 1.165) is 28.7 Å². The lowest BCUT2D eigenvalue weighted by atomic mass is 10.1. The van der Waals surface area contributed by atoms with E-state index in [1.165, 1.54) is 0 Å². The molecule has 0 saturated heterocycles. The third kappa shape index (κ3) is 3.63. The van der Waals surface area contributed by atoms with E-state index >= 15 is 0 Å². The molecule has 2 heterocycles. The zero-order valence-electron chi connectivity index (χ0n) is 13.4. The summed E-state index contributed by atoms with van der Waals surface area (Å²) in [5.74, 6) is 1.54. The Balaban J connectivity index is 2.04. The standard InChI is InChI=1S/C18H21N5/c1-12(19)11-13(2)21-18-15-5-3-4-6-16(15)22-17(23-18)14-7-9-20-10-8-14/h3-10,12-13H,11,19H2,1-2H3,(H,21,22,23). The van der Waals surface area contributed by atoms with Gasteiger partial charge in [-0.05, 0) is 44.5 Å². The number of aromatic nitrogens is 3. The SMILES string of the molecule is CC(N)CC(C)Nc1nc(-c2ccncc2)nc2ccccc12. The van der Waals surface area contributed by atoms with Crippen molar-refractivity contribution in [1.29, 1.82) is 0 Å². The van der Waals surface area contributed by atoms with Gasteiger partial charge in [0.05, 0.1) is 5.52 Å². The molecule has 0 aliphatic heterocycles. The number of anilines is 1. The van der Waals surface area contributed by atoms with Crippen LogP contribution in [0.25, 0.3) is 22.3 Å². The molecule has 23 heavy (non-hydrogen) atoms. The number of para-hydroxylation sites is 1. The molecule has 3 N–H and O–H groups in total. The fourth-order valence-corrected chi connectivity index (χ4v) is 2.67. The molecular formula is C18H21N5. The van der Waals surface area contributed by atoms with Crippen LogP contribution < -0.4 is 11.1 Å². The quantitative estimate of drug-likeness (QED) is 0.757. The number of nitrogens with one attached hydrogen (secondary N) is 1. The first-order valence-electron chi connectivity index (χ1n) is 7.83. The van der Waals surface area contributed by atoms with Gasteiger partial charge in [-0.2, -0.15) is 0 Å². The topological polar surface area (TPSA) is 76.7 Å². The second kappa shape index (κ2) is 6.71. The largest absolute Gasteiger partial charge is 0.367 e. The molecule has 2 aromatic heterocycles. The molecule has 0 fully saturated rings. The predicted molar refractivity (Wildman–Crippen MR) is 94.1 cm³/mol. The van der Waals surface area contributed by atoms with E-state index in [1.54, 1.807) is 12.4 Å². The van der Waals surface area contributed by atoms with Crippen molar-refractivity contribution in [3.8, 4) is 11.4 Å². The van der Waals surface area contributed by atoms with Crippen LogP contribution in [0, 0.1) is 0 Å². The van der Waals surface area contributed by atoms with Crippen molar-refractivity contribution in [3.05, 3.63) is 48.8 Å². The van der Waals surface area contributed by atoms with Crippen LogP contribution >= 0.6 is 0 Å². The number of rotatable bonds is 5. The number of nitrogens with two attached hydrogens (primary N) is 1. The van der Waals surface area contributed by atoms with Gasteiger partial charge in [-0.1, -0.05) is 12.1 Å². The van der Waals surface area contributed by atoms with Gasteiger partial charge in [0.25, 0.3) is 0 Å². The van der Waals surface area contributed by atoms with Crippen molar-refractivity contribution in [2.75, 3.05) is 5.32 Å². The van der Waals surface area contributed by atoms with Gasteiger partial charge >= 0.3 is 0 Å². The molecule has 2 unspecified atom stereocenters. The molecule has 5 nitrogen and oxygen atoms in total. The van der Waals surface area contributed by atoms with Crippen LogP contribution in [0.2, 0.25) is 0 Å². The molecule has 0 bridgehead atoms.